The van der Waals surface area contributed by atoms with Crippen molar-refractivity contribution in [3.63, 3.8) is 0 Å². The molecule has 14 nitrogen and oxygen atoms in total. The summed E-state index contributed by atoms with van der Waals surface area (Å²) in [5, 5.41) is 14.5. The van der Waals surface area contributed by atoms with Crippen LogP contribution in [0.3, 0.4) is 0 Å². The molecule has 14 heteroatoms. The van der Waals surface area contributed by atoms with Crippen molar-refractivity contribution in [1.29, 1.82) is 0 Å². The Labute approximate surface area is 266 Å². The van der Waals surface area contributed by atoms with Crippen LogP contribution >= 0.6 is 0 Å². The zero-order chi connectivity index (χ0) is 34.0. The molecule has 0 bridgehead atoms. The molecule has 3 aromatic rings. The maximum Gasteiger partial charge on any atom is 0.514 e. The number of nitrogens with one attached hydrogen (secondary N) is 1. The second kappa shape index (κ2) is 16.0. The Hall–Kier alpha value is -5.50. The molecule has 1 aliphatic rings. The van der Waals surface area contributed by atoms with E-state index in [0.717, 1.165) is 0 Å². The Balaban J connectivity index is 0.000000275. The Bertz CT molecular complexity index is 1500. The number of carbonyl (C=O) groups is 4. The summed E-state index contributed by atoms with van der Waals surface area (Å²) in [6.07, 6.45) is -3.42. The van der Waals surface area contributed by atoms with E-state index in [4.69, 9.17) is 14.2 Å². The quantitative estimate of drug-likeness (QED) is 0.141. The van der Waals surface area contributed by atoms with Gasteiger partial charge in [0.25, 0.3) is 17.5 Å². The van der Waals surface area contributed by atoms with E-state index in [-0.39, 0.29) is 29.2 Å². The van der Waals surface area contributed by atoms with Gasteiger partial charge in [0.05, 0.1) is 16.3 Å². The van der Waals surface area contributed by atoms with E-state index < -0.39 is 35.3 Å². The monoisotopic (exact) mass is 635 g/mol. The minimum Gasteiger partial charge on any atom is -0.434 e. The summed E-state index contributed by atoms with van der Waals surface area (Å²) in [4.78, 5) is 59.2. The molecule has 1 N–H and O–H groups in total. The second-order valence-electron chi connectivity index (χ2n) is 10.7. The van der Waals surface area contributed by atoms with E-state index in [1.54, 1.807) is 57.3 Å². The lowest BCUT2D eigenvalue weighted by Crippen LogP contribution is -2.59. The number of ether oxygens (including phenoxy) is 3. The molecule has 0 aromatic heterocycles. The van der Waals surface area contributed by atoms with Gasteiger partial charge in [-0.1, -0.05) is 64.1 Å². The van der Waals surface area contributed by atoms with Crippen LogP contribution in [-0.4, -0.2) is 60.3 Å². The highest BCUT2D eigenvalue weighted by molar-refractivity contribution is 6.01. The van der Waals surface area contributed by atoms with Crippen LogP contribution in [0, 0.1) is 22.0 Å². The first-order chi connectivity index (χ1) is 21.8. The molecular weight excluding hydrogens is 598 g/mol. The lowest BCUT2D eigenvalue weighted by Gasteiger charge is -2.39. The van der Waals surface area contributed by atoms with Crippen molar-refractivity contribution in [3.8, 4) is 5.75 Å². The molecule has 1 saturated heterocycles. The smallest absolute Gasteiger partial charge is 0.434 e. The number of amides is 3. The molecule has 1 fully saturated rings. The van der Waals surface area contributed by atoms with Gasteiger partial charge in [-0.15, -0.1) is 0 Å². The van der Waals surface area contributed by atoms with Crippen LogP contribution in [0.1, 0.15) is 27.7 Å². The number of hydrogen-bond acceptors (Lipinski definition) is 10. The number of para-hydroxylation sites is 2. The van der Waals surface area contributed by atoms with Gasteiger partial charge in [-0.25, -0.2) is 30.0 Å². The van der Waals surface area contributed by atoms with Crippen LogP contribution in [0.2, 0.25) is 0 Å². The zero-order valence-corrected chi connectivity index (χ0v) is 26.4. The van der Waals surface area contributed by atoms with Gasteiger partial charge in [-0.05, 0) is 48.2 Å². The first kappa shape index (κ1) is 35.0. The molecule has 1 heterocycles. The van der Waals surface area contributed by atoms with Crippen LogP contribution in [-0.2, 0) is 19.1 Å². The van der Waals surface area contributed by atoms with Crippen LogP contribution < -0.4 is 20.2 Å². The molecule has 46 heavy (non-hydrogen) atoms. The van der Waals surface area contributed by atoms with Gasteiger partial charge in [0.15, 0.2) is 12.2 Å². The van der Waals surface area contributed by atoms with Crippen molar-refractivity contribution in [1.82, 2.24) is 10.4 Å². The van der Waals surface area contributed by atoms with Crippen molar-refractivity contribution in [2.45, 2.75) is 39.9 Å². The van der Waals surface area contributed by atoms with Crippen molar-refractivity contribution < 1.29 is 38.3 Å². The van der Waals surface area contributed by atoms with Gasteiger partial charge in [0.1, 0.15) is 5.75 Å². The average molecular weight is 636 g/mol. The van der Waals surface area contributed by atoms with Gasteiger partial charge in [-0.2, -0.15) is 0 Å². The van der Waals surface area contributed by atoms with Crippen molar-refractivity contribution >= 4 is 41.1 Å². The number of anilines is 2. The molecule has 2 unspecified atom stereocenters. The van der Waals surface area contributed by atoms with E-state index in [9.17, 15) is 29.3 Å². The third kappa shape index (κ3) is 8.79. The molecule has 0 aliphatic carbocycles. The van der Waals surface area contributed by atoms with E-state index in [1.807, 2.05) is 38.1 Å². The average Bonchev–Trinajstić information content (AvgIpc) is 3.03. The van der Waals surface area contributed by atoms with Gasteiger partial charge < -0.3 is 14.2 Å². The standard InChI is InChI=1S/C19H21N3O6.C13H16N2O3/c1-13(2)17(18(23)21(20-3)14-7-5-4-6-8-14)28-19(24)27-16-11-9-15(10-12-16)22(25)26;1-9(2)11-12(16)15(14(3)13(17)18-11)10-7-5-4-6-8-10/h4-13,17,20H,1-3H3;4-9,11H,1-3H3. The number of cyclic esters (lactones) is 1. The predicted octanol–water partition coefficient (Wildman–Crippen LogP) is 5.34. The van der Waals surface area contributed by atoms with Crippen molar-refractivity contribution in [2.24, 2.45) is 11.8 Å². The number of carbonyl (C=O) groups excluding carboxylic acids is 4. The fourth-order valence-electron chi connectivity index (χ4n) is 4.28. The highest BCUT2D eigenvalue weighted by Crippen LogP contribution is 2.25. The zero-order valence-electron chi connectivity index (χ0n) is 26.4. The highest BCUT2D eigenvalue weighted by atomic mass is 16.7. The molecule has 4 rings (SSSR count). The Kier molecular flexibility index (Phi) is 12.2. The summed E-state index contributed by atoms with van der Waals surface area (Å²) >= 11 is 0. The molecule has 244 valence electrons. The number of rotatable bonds is 9. The van der Waals surface area contributed by atoms with E-state index in [0.29, 0.717) is 11.4 Å². The van der Waals surface area contributed by atoms with E-state index in [2.05, 4.69) is 5.43 Å². The van der Waals surface area contributed by atoms with Crippen LogP contribution in [0.25, 0.3) is 0 Å². The number of non-ortho nitro benzene ring substituents is 1. The number of hydrogen-bond donors (Lipinski definition) is 1. The molecule has 3 aromatic carbocycles. The number of nitro groups is 1. The topological polar surface area (TPSA) is 161 Å². The van der Waals surface area contributed by atoms with Gasteiger partial charge >= 0.3 is 12.2 Å². The Morgan fingerprint density at radius 1 is 0.935 bits per heavy atom. The lowest BCUT2D eigenvalue weighted by atomic mass is 10.1. The lowest BCUT2D eigenvalue weighted by molar-refractivity contribution is -0.384. The molecule has 1 aliphatic heterocycles. The first-order valence-electron chi connectivity index (χ1n) is 14.4. The summed E-state index contributed by atoms with van der Waals surface area (Å²) in [6.45, 7) is 7.18. The summed E-state index contributed by atoms with van der Waals surface area (Å²) in [5.41, 5.74) is 3.90. The summed E-state index contributed by atoms with van der Waals surface area (Å²) < 4.78 is 15.4. The van der Waals surface area contributed by atoms with E-state index in [1.165, 1.54) is 46.3 Å². The third-order valence-electron chi connectivity index (χ3n) is 6.63. The van der Waals surface area contributed by atoms with Crippen LogP contribution in [0.4, 0.5) is 26.7 Å². The van der Waals surface area contributed by atoms with Gasteiger partial charge in [0, 0.05) is 26.2 Å². The van der Waals surface area contributed by atoms with Crippen LogP contribution in [0.5, 0.6) is 5.75 Å². The van der Waals surface area contributed by atoms with E-state index >= 15 is 0 Å². The number of nitro benzene ring substituents is 1. The molecule has 0 saturated carbocycles. The summed E-state index contributed by atoms with van der Waals surface area (Å²) in [7, 11) is 3.10. The molecular formula is C32H37N5O9. The highest BCUT2D eigenvalue weighted by Gasteiger charge is 2.41. The van der Waals surface area contributed by atoms with Crippen molar-refractivity contribution in [2.75, 3.05) is 24.1 Å². The van der Waals surface area contributed by atoms with Crippen molar-refractivity contribution in [3.05, 3.63) is 95.0 Å². The number of nitrogens with zero attached hydrogens (tertiary/aromatic N) is 4. The third-order valence-corrected chi connectivity index (χ3v) is 6.63. The van der Waals surface area contributed by atoms with Crippen LogP contribution in [0.15, 0.2) is 84.9 Å². The molecule has 0 radical (unpaired) electrons. The SMILES string of the molecule is CC(C)C1OC(=O)N(C)N(c2ccccc2)C1=O.CNN(C(=O)C(OC(=O)Oc1ccc([N+](=O)[O-])cc1)C(C)C)c1ccccc1. The molecule has 2 atom stereocenters. The Morgan fingerprint density at radius 2 is 1.50 bits per heavy atom. The normalized spacial score (nSPS) is 15.0. The van der Waals surface area contributed by atoms with Gasteiger partial charge in [-0.3, -0.25) is 19.7 Å². The molecule has 0 spiro atoms. The maximum absolute atomic E-state index is 12.9. The number of benzene rings is 3. The fourth-order valence-corrected chi connectivity index (χ4v) is 4.28. The Morgan fingerprint density at radius 3 is 2.00 bits per heavy atom. The second-order valence-corrected chi connectivity index (χ2v) is 10.7. The minimum atomic E-state index is -1.10. The minimum absolute atomic E-state index is 0.0543. The first-order valence-corrected chi connectivity index (χ1v) is 14.4. The maximum atomic E-state index is 12.9. The summed E-state index contributed by atoms with van der Waals surface area (Å²) in [6, 6.07) is 22.9. The number of hydrazine groups is 2. The van der Waals surface area contributed by atoms with Gasteiger partial charge in [0.2, 0.25) is 0 Å². The predicted molar refractivity (Wildman–Crippen MR) is 169 cm³/mol. The fraction of sp³-hybridized carbons (Fsp3) is 0.312. The largest absolute Gasteiger partial charge is 0.514 e. The molecule has 3 amide bonds. The summed E-state index contributed by atoms with van der Waals surface area (Å²) in [5.74, 6) is -1.00.